The van der Waals surface area contributed by atoms with Crippen LogP contribution in [-0.2, 0) is 11.4 Å². The third-order valence-electron chi connectivity index (χ3n) is 2.58. The first kappa shape index (κ1) is 15.5. The molecule has 0 heterocycles. The Morgan fingerprint density at radius 2 is 1.67 bits per heavy atom. The molecule has 0 fully saturated rings. The fraction of sp³-hybridized carbons (Fsp3) is 0.133. The SMILES string of the molecule is NC(COc1ccccc1)=NOCc1c(Cl)cccc1Cl. The van der Waals surface area contributed by atoms with E-state index < -0.39 is 0 Å². The molecule has 21 heavy (non-hydrogen) atoms. The van der Waals surface area contributed by atoms with E-state index in [1.807, 2.05) is 30.3 Å². The van der Waals surface area contributed by atoms with Crippen LogP contribution in [0.5, 0.6) is 5.75 Å². The number of amidine groups is 1. The summed E-state index contributed by atoms with van der Waals surface area (Å²) in [6.07, 6.45) is 0. The predicted octanol–water partition coefficient (Wildman–Crippen LogP) is 3.86. The molecule has 0 spiro atoms. The maximum Gasteiger partial charge on any atom is 0.177 e. The Morgan fingerprint density at radius 1 is 1.00 bits per heavy atom. The zero-order valence-electron chi connectivity index (χ0n) is 11.1. The van der Waals surface area contributed by atoms with Gasteiger partial charge in [-0.15, -0.1) is 0 Å². The molecule has 0 bridgehead atoms. The minimum Gasteiger partial charge on any atom is -0.486 e. The van der Waals surface area contributed by atoms with Crippen molar-refractivity contribution in [1.82, 2.24) is 0 Å². The Morgan fingerprint density at radius 3 is 2.33 bits per heavy atom. The Bertz CT molecular complexity index is 598. The molecule has 2 aromatic rings. The smallest absolute Gasteiger partial charge is 0.177 e. The van der Waals surface area contributed by atoms with Crippen LogP contribution in [0.2, 0.25) is 10.0 Å². The molecular weight excluding hydrogens is 311 g/mol. The number of nitrogens with two attached hydrogens (primary N) is 1. The topological polar surface area (TPSA) is 56.8 Å². The average molecular weight is 325 g/mol. The Labute approximate surface area is 133 Å². The fourth-order valence-corrected chi connectivity index (χ4v) is 2.06. The molecule has 4 nitrogen and oxygen atoms in total. The molecule has 0 aromatic heterocycles. The van der Waals surface area contributed by atoms with Gasteiger partial charge >= 0.3 is 0 Å². The van der Waals surface area contributed by atoms with Crippen molar-refractivity contribution in [3.05, 3.63) is 64.1 Å². The van der Waals surface area contributed by atoms with E-state index in [1.54, 1.807) is 18.2 Å². The zero-order valence-corrected chi connectivity index (χ0v) is 12.6. The summed E-state index contributed by atoms with van der Waals surface area (Å²) in [7, 11) is 0. The third-order valence-corrected chi connectivity index (χ3v) is 3.29. The average Bonchev–Trinajstić information content (AvgIpc) is 2.49. The number of hydrogen-bond acceptors (Lipinski definition) is 3. The predicted molar refractivity (Wildman–Crippen MR) is 84.8 cm³/mol. The fourth-order valence-electron chi connectivity index (χ4n) is 1.55. The van der Waals surface area contributed by atoms with Gasteiger partial charge < -0.3 is 15.3 Å². The molecule has 0 atom stereocenters. The second kappa shape index (κ2) is 7.76. The normalized spacial score (nSPS) is 11.2. The molecule has 0 amide bonds. The number of nitrogens with zero attached hydrogens (tertiary/aromatic N) is 1. The molecule has 0 aliphatic rings. The molecule has 0 aliphatic carbocycles. The highest BCUT2D eigenvalue weighted by molar-refractivity contribution is 6.35. The van der Waals surface area contributed by atoms with Gasteiger partial charge in [-0.3, -0.25) is 0 Å². The highest BCUT2D eigenvalue weighted by atomic mass is 35.5. The minimum absolute atomic E-state index is 0.139. The van der Waals surface area contributed by atoms with Crippen LogP contribution in [0.4, 0.5) is 0 Å². The van der Waals surface area contributed by atoms with Gasteiger partial charge in [0.15, 0.2) is 5.84 Å². The first-order valence-electron chi connectivity index (χ1n) is 6.22. The standard InChI is InChI=1S/C15H14Cl2N2O2/c16-13-7-4-8-14(17)12(13)9-21-19-15(18)10-20-11-5-2-1-3-6-11/h1-8H,9-10H2,(H2,18,19). The number of ether oxygens (including phenoxy) is 1. The summed E-state index contributed by atoms with van der Waals surface area (Å²) >= 11 is 12.0. The quantitative estimate of drug-likeness (QED) is 0.498. The molecule has 0 radical (unpaired) electrons. The van der Waals surface area contributed by atoms with Crippen LogP contribution >= 0.6 is 23.2 Å². The summed E-state index contributed by atoms with van der Waals surface area (Å²) < 4.78 is 5.43. The van der Waals surface area contributed by atoms with Crippen molar-refractivity contribution in [2.45, 2.75) is 6.61 Å². The van der Waals surface area contributed by atoms with E-state index in [9.17, 15) is 0 Å². The number of benzene rings is 2. The Hall–Kier alpha value is -1.91. The van der Waals surface area contributed by atoms with Crippen molar-refractivity contribution in [3.8, 4) is 5.75 Å². The van der Waals surface area contributed by atoms with Crippen LogP contribution in [0.3, 0.4) is 0 Å². The molecule has 110 valence electrons. The molecule has 2 N–H and O–H groups in total. The largest absolute Gasteiger partial charge is 0.486 e. The highest BCUT2D eigenvalue weighted by Gasteiger charge is 2.05. The lowest BCUT2D eigenvalue weighted by Gasteiger charge is -2.07. The summed E-state index contributed by atoms with van der Waals surface area (Å²) in [4.78, 5) is 5.15. The number of oxime groups is 1. The lowest BCUT2D eigenvalue weighted by atomic mass is 10.2. The molecule has 6 heteroatoms. The van der Waals surface area contributed by atoms with Gasteiger partial charge in [0, 0.05) is 15.6 Å². The lowest BCUT2D eigenvalue weighted by Crippen LogP contribution is -2.21. The van der Waals surface area contributed by atoms with Crippen molar-refractivity contribution in [1.29, 1.82) is 0 Å². The Balaban J connectivity index is 1.84. The molecule has 0 aliphatic heterocycles. The van der Waals surface area contributed by atoms with Gasteiger partial charge in [0.1, 0.15) is 19.0 Å². The van der Waals surface area contributed by atoms with E-state index in [4.69, 9.17) is 38.5 Å². The van der Waals surface area contributed by atoms with Gasteiger partial charge in [-0.25, -0.2) is 0 Å². The molecule has 0 unspecified atom stereocenters. The van der Waals surface area contributed by atoms with Crippen LogP contribution in [0.15, 0.2) is 53.7 Å². The number of rotatable bonds is 6. The summed E-state index contributed by atoms with van der Waals surface area (Å²) in [5, 5.41) is 4.82. The van der Waals surface area contributed by atoms with Gasteiger partial charge in [0.05, 0.1) is 0 Å². The van der Waals surface area contributed by atoms with Crippen molar-refractivity contribution < 1.29 is 9.57 Å². The summed E-state index contributed by atoms with van der Waals surface area (Å²) in [6.45, 7) is 0.283. The zero-order chi connectivity index (χ0) is 15.1. The van der Waals surface area contributed by atoms with Crippen LogP contribution in [0.25, 0.3) is 0 Å². The Kier molecular flexibility index (Phi) is 5.72. The van der Waals surface area contributed by atoms with Gasteiger partial charge in [0.25, 0.3) is 0 Å². The van der Waals surface area contributed by atoms with Crippen molar-refractivity contribution in [2.75, 3.05) is 6.61 Å². The summed E-state index contributed by atoms with van der Waals surface area (Å²) in [6, 6.07) is 14.5. The third kappa shape index (κ3) is 4.85. The maximum atomic E-state index is 6.02. The number of para-hydroxylation sites is 1. The molecular formula is C15H14Cl2N2O2. The van der Waals surface area contributed by atoms with Gasteiger partial charge in [-0.1, -0.05) is 52.6 Å². The first-order valence-corrected chi connectivity index (χ1v) is 6.97. The molecule has 2 aromatic carbocycles. The van der Waals surface area contributed by atoms with Crippen molar-refractivity contribution in [2.24, 2.45) is 10.9 Å². The second-order valence-electron chi connectivity index (χ2n) is 4.16. The lowest BCUT2D eigenvalue weighted by molar-refractivity contribution is 0.128. The van der Waals surface area contributed by atoms with Crippen molar-refractivity contribution in [3.63, 3.8) is 0 Å². The summed E-state index contributed by atoms with van der Waals surface area (Å²) in [5.74, 6) is 0.937. The second-order valence-corrected chi connectivity index (χ2v) is 4.97. The van der Waals surface area contributed by atoms with Gasteiger partial charge in [-0.05, 0) is 24.3 Å². The summed E-state index contributed by atoms with van der Waals surface area (Å²) in [5.41, 5.74) is 6.36. The number of hydrogen-bond donors (Lipinski definition) is 1. The van der Waals surface area contributed by atoms with Crippen LogP contribution in [-0.4, -0.2) is 12.4 Å². The first-order chi connectivity index (χ1) is 10.2. The van der Waals surface area contributed by atoms with Crippen LogP contribution in [0, 0.1) is 0 Å². The van der Waals surface area contributed by atoms with E-state index in [-0.39, 0.29) is 19.0 Å². The van der Waals surface area contributed by atoms with Gasteiger partial charge in [-0.2, -0.15) is 0 Å². The van der Waals surface area contributed by atoms with E-state index >= 15 is 0 Å². The molecule has 2 rings (SSSR count). The van der Waals surface area contributed by atoms with Crippen LogP contribution in [0.1, 0.15) is 5.56 Å². The van der Waals surface area contributed by atoms with E-state index in [0.717, 1.165) is 0 Å². The van der Waals surface area contributed by atoms with E-state index in [0.29, 0.717) is 21.4 Å². The number of halogens is 2. The maximum absolute atomic E-state index is 6.02. The molecule has 0 saturated carbocycles. The minimum atomic E-state index is 0.139. The van der Waals surface area contributed by atoms with E-state index in [2.05, 4.69) is 5.16 Å². The van der Waals surface area contributed by atoms with Crippen molar-refractivity contribution >= 4 is 29.0 Å². The molecule has 0 saturated heterocycles. The monoisotopic (exact) mass is 324 g/mol. The highest BCUT2D eigenvalue weighted by Crippen LogP contribution is 2.24. The van der Waals surface area contributed by atoms with Gasteiger partial charge in [0.2, 0.25) is 0 Å². The van der Waals surface area contributed by atoms with Crippen LogP contribution < -0.4 is 10.5 Å². The van der Waals surface area contributed by atoms with E-state index in [1.165, 1.54) is 0 Å².